The molecule has 9 heteroatoms. The summed E-state index contributed by atoms with van der Waals surface area (Å²) in [5.41, 5.74) is 1.64. The molecule has 172 valence electrons. The molecule has 0 saturated heterocycles. The van der Waals surface area contributed by atoms with Crippen molar-refractivity contribution in [2.45, 2.75) is 26.7 Å². The fourth-order valence-electron chi connectivity index (χ4n) is 3.84. The molecule has 0 aliphatic rings. The standard InChI is InChI=1S/C25H20F2N4O3/c1-3-34-25(33)22-20(11-8-15-4-6-16(13-28)7-5-15)29-23-21(14(2)30-31(23)24(22)32)18-10-9-17(26)12-19(18)27/h4-7,9-10,12,30H,3,8,11H2,1-2H3. The SMILES string of the molecule is CCOC(=O)c1c(CCc2ccc(C#N)cc2)nc2c(-c3ccc(F)cc3F)c(C)[nH]n2c1=O. The number of carbonyl (C=O) groups is 1. The summed E-state index contributed by atoms with van der Waals surface area (Å²) < 4.78 is 34.2. The summed E-state index contributed by atoms with van der Waals surface area (Å²) in [5.74, 6) is -2.32. The summed E-state index contributed by atoms with van der Waals surface area (Å²) in [6, 6.07) is 12.1. The minimum atomic E-state index is -0.800. The van der Waals surface area contributed by atoms with Crippen LogP contribution in [0.3, 0.4) is 0 Å². The summed E-state index contributed by atoms with van der Waals surface area (Å²) in [6.07, 6.45) is 0.658. The molecule has 2 aromatic heterocycles. The first-order valence-electron chi connectivity index (χ1n) is 10.6. The zero-order valence-corrected chi connectivity index (χ0v) is 18.5. The number of H-pyrrole nitrogens is 1. The number of nitrogens with one attached hydrogen (secondary N) is 1. The number of ether oxygens (including phenoxy) is 1. The number of halogens is 2. The Morgan fingerprint density at radius 3 is 2.56 bits per heavy atom. The molecule has 2 heterocycles. The van der Waals surface area contributed by atoms with Gasteiger partial charge in [-0.2, -0.15) is 5.26 Å². The van der Waals surface area contributed by atoms with Crippen LogP contribution in [0.5, 0.6) is 0 Å². The molecule has 0 fully saturated rings. The summed E-state index contributed by atoms with van der Waals surface area (Å²) in [7, 11) is 0. The van der Waals surface area contributed by atoms with E-state index in [0.29, 0.717) is 23.2 Å². The highest BCUT2D eigenvalue weighted by Crippen LogP contribution is 2.30. The van der Waals surface area contributed by atoms with Crippen molar-refractivity contribution in [3.8, 4) is 17.2 Å². The third kappa shape index (κ3) is 4.18. The predicted octanol–water partition coefficient (Wildman–Crippen LogP) is 4.11. The molecule has 7 nitrogen and oxygen atoms in total. The van der Waals surface area contributed by atoms with Gasteiger partial charge >= 0.3 is 5.97 Å². The lowest BCUT2D eigenvalue weighted by Gasteiger charge is -2.10. The highest BCUT2D eigenvalue weighted by atomic mass is 19.1. The molecular weight excluding hydrogens is 442 g/mol. The summed E-state index contributed by atoms with van der Waals surface area (Å²) >= 11 is 0. The molecule has 0 atom stereocenters. The highest BCUT2D eigenvalue weighted by Gasteiger charge is 2.25. The molecule has 2 aromatic carbocycles. The summed E-state index contributed by atoms with van der Waals surface area (Å²) in [5, 5.41) is 11.8. The van der Waals surface area contributed by atoms with Crippen LogP contribution in [-0.2, 0) is 17.6 Å². The van der Waals surface area contributed by atoms with E-state index in [1.54, 1.807) is 38.1 Å². The van der Waals surface area contributed by atoms with Gasteiger partial charge in [-0.3, -0.25) is 9.89 Å². The Morgan fingerprint density at radius 1 is 1.18 bits per heavy atom. The van der Waals surface area contributed by atoms with E-state index in [2.05, 4.69) is 16.2 Å². The van der Waals surface area contributed by atoms with E-state index >= 15 is 0 Å². The zero-order valence-electron chi connectivity index (χ0n) is 18.5. The zero-order chi connectivity index (χ0) is 24.4. The van der Waals surface area contributed by atoms with E-state index in [-0.39, 0.29) is 35.5 Å². The number of aromatic nitrogens is 3. The number of aryl methyl sites for hydroxylation is 3. The van der Waals surface area contributed by atoms with E-state index in [9.17, 15) is 18.4 Å². The van der Waals surface area contributed by atoms with Gasteiger partial charge in [-0.05, 0) is 56.5 Å². The Kier molecular flexibility index (Phi) is 6.23. The van der Waals surface area contributed by atoms with E-state index < -0.39 is 23.2 Å². The number of benzene rings is 2. The van der Waals surface area contributed by atoms with Crippen LogP contribution >= 0.6 is 0 Å². The van der Waals surface area contributed by atoms with Crippen LogP contribution in [0.1, 0.15) is 39.8 Å². The third-order valence-electron chi connectivity index (χ3n) is 5.45. The van der Waals surface area contributed by atoms with Crippen molar-refractivity contribution in [3.05, 3.63) is 92.5 Å². The van der Waals surface area contributed by atoms with Gasteiger partial charge in [-0.15, -0.1) is 0 Å². The van der Waals surface area contributed by atoms with Gasteiger partial charge in [0.05, 0.1) is 23.9 Å². The van der Waals surface area contributed by atoms with E-state index in [1.807, 2.05) is 0 Å². The topological polar surface area (TPSA) is 100 Å². The minimum absolute atomic E-state index is 0.0752. The fraction of sp³-hybridized carbons (Fsp3) is 0.200. The lowest BCUT2D eigenvalue weighted by molar-refractivity contribution is 0.0522. The number of aromatic amines is 1. The molecule has 0 aliphatic carbocycles. The van der Waals surface area contributed by atoms with Gasteiger partial charge < -0.3 is 4.74 Å². The molecule has 0 amide bonds. The van der Waals surface area contributed by atoms with Crippen LogP contribution in [0.15, 0.2) is 47.3 Å². The van der Waals surface area contributed by atoms with Crippen molar-refractivity contribution in [2.75, 3.05) is 6.61 Å². The van der Waals surface area contributed by atoms with Crippen molar-refractivity contribution in [3.63, 3.8) is 0 Å². The highest BCUT2D eigenvalue weighted by molar-refractivity contribution is 5.91. The monoisotopic (exact) mass is 462 g/mol. The van der Waals surface area contributed by atoms with E-state index in [1.165, 1.54) is 6.07 Å². The maximum atomic E-state index is 14.6. The number of rotatable bonds is 6. The van der Waals surface area contributed by atoms with Gasteiger partial charge in [0.2, 0.25) is 0 Å². The van der Waals surface area contributed by atoms with Crippen molar-refractivity contribution in [2.24, 2.45) is 0 Å². The number of nitrogens with zero attached hydrogens (tertiary/aromatic N) is 3. The summed E-state index contributed by atoms with van der Waals surface area (Å²) in [6.45, 7) is 3.34. The Bertz CT molecular complexity index is 1500. The van der Waals surface area contributed by atoms with Crippen LogP contribution in [0, 0.1) is 29.9 Å². The quantitative estimate of drug-likeness (QED) is 0.435. The second-order valence-corrected chi connectivity index (χ2v) is 7.66. The number of hydrogen-bond acceptors (Lipinski definition) is 5. The van der Waals surface area contributed by atoms with Crippen LogP contribution in [0.4, 0.5) is 8.78 Å². The molecule has 0 bridgehead atoms. The smallest absolute Gasteiger partial charge is 0.345 e. The van der Waals surface area contributed by atoms with Crippen LogP contribution < -0.4 is 5.56 Å². The first-order chi connectivity index (χ1) is 16.3. The lowest BCUT2D eigenvalue weighted by atomic mass is 10.0. The molecule has 0 saturated carbocycles. The largest absolute Gasteiger partial charge is 0.462 e. The second kappa shape index (κ2) is 9.27. The average Bonchev–Trinajstić information content (AvgIpc) is 3.14. The summed E-state index contributed by atoms with van der Waals surface area (Å²) in [4.78, 5) is 30.5. The second-order valence-electron chi connectivity index (χ2n) is 7.66. The molecule has 0 aliphatic heterocycles. The number of nitriles is 1. The first kappa shape index (κ1) is 22.9. The molecule has 0 unspecified atom stereocenters. The van der Waals surface area contributed by atoms with Crippen molar-refractivity contribution in [1.82, 2.24) is 14.6 Å². The van der Waals surface area contributed by atoms with Gasteiger partial charge in [-0.1, -0.05) is 12.1 Å². The molecule has 34 heavy (non-hydrogen) atoms. The third-order valence-corrected chi connectivity index (χ3v) is 5.45. The minimum Gasteiger partial charge on any atom is -0.462 e. The number of hydrogen-bond donors (Lipinski definition) is 1. The fourth-order valence-corrected chi connectivity index (χ4v) is 3.84. The maximum absolute atomic E-state index is 14.6. The van der Waals surface area contributed by atoms with Crippen molar-refractivity contribution >= 4 is 11.6 Å². The van der Waals surface area contributed by atoms with Gasteiger partial charge in [-0.25, -0.2) is 23.1 Å². The Hall–Kier alpha value is -4.32. The number of fused-ring (bicyclic) bond motifs is 1. The molecule has 4 rings (SSSR count). The van der Waals surface area contributed by atoms with Gasteiger partial charge in [0.1, 0.15) is 17.2 Å². The molecule has 0 spiro atoms. The van der Waals surface area contributed by atoms with Crippen LogP contribution in [-0.4, -0.2) is 27.2 Å². The predicted molar refractivity (Wildman–Crippen MR) is 120 cm³/mol. The van der Waals surface area contributed by atoms with E-state index in [4.69, 9.17) is 10.00 Å². The molecule has 0 radical (unpaired) electrons. The van der Waals surface area contributed by atoms with Crippen molar-refractivity contribution < 1.29 is 18.3 Å². The number of carbonyl (C=O) groups excluding carboxylic acids is 1. The van der Waals surface area contributed by atoms with Gasteiger partial charge in [0, 0.05) is 22.9 Å². The maximum Gasteiger partial charge on any atom is 0.345 e. The lowest BCUT2D eigenvalue weighted by Crippen LogP contribution is -2.28. The molecule has 4 aromatic rings. The molecule has 1 N–H and O–H groups in total. The van der Waals surface area contributed by atoms with Gasteiger partial charge in [0.15, 0.2) is 5.65 Å². The number of esters is 1. The Balaban J connectivity index is 1.87. The Labute approximate surface area is 193 Å². The van der Waals surface area contributed by atoms with Gasteiger partial charge in [0.25, 0.3) is 5.56 Å². The van der Waals surface area contributed by atoms with Crippen LogP contribution in [0.2, 0.25) is 0 Å². The van der Waals surface area contributed by atoms with Crippen LogP contribution in [0.25, 0.3) is 16.8 Å². The normalized spacial score (nSPS) is 10.9. The molecular formula is C25H20F2N4O3. The van der Waals surface area contributed by atoms with E-state index in [0.717, 1.165) is 22.2 Å². The van der Waals surface area contributed by atoms with Crippen molar-refractivity contribution in [1.29, 1.82) is 5.26 Å². The Morgan fingerprint density at radius 2 is 1.91 bits per heavy atom. The first-order valence-corrected chi connectivity index (χ1v) is 10.6. The average molecular weight is 462 g/mol.